The van der Waals surface area contributed by atoms with Crippen molar-refractivity contribution in [1.29, 1.82) is 5.26 Å². The standard InChI is InChI=1S/C15H9Cl3FN/c16-11-5-4-9(13(18)7-11)6-10(8-20)15-12(17)2-1-3-14(15)19/h1-5,7,10H,6H2. The Morgan fingerprint density at radius 2 is 1.85 bits per heavy atom. The van der Waals surface area contributed by atoms with Crippen LogP contribution in [0.25, 0.3) is 0 Å². The van der Waals surface area contributed by atoms with E-state index in [0.29, 0.717) is 10.0 Å². The third-order valence-corrected chi connectivity index (χ3v) is 3.86. The van der Waals surface area contributed by atoms with E-state index in [1.165, 1.54) is 12.1 Å². The Hall–Kier alpha value is -1.27. The summed E-state index contributed by atoms with van der Waals surface area (Å²) in [5, 5.41) is 10.5. The van der Waals surface area contributed by atoms with Gasteiger partial charge in [0.15, 0.2) is 0 Å². The molecule has 0 fully saturated rings. The lowest BCUT2D eigenvalue weighted by Crippen LogP contribution is -2.04. The third kappa shape index (κ3) is 3.24. The number of halogens is 4. The summed E-state index contributed by atoms with van der Waals surface area (Å²) in [6.45, 7) is 0. The molecule has 2 aromatic carbocycles. The molecular formula is C15H9Cl3FN. The van der Waals surface area contributed by atoms with Gasteiger partial charge in [-0.15, -0.1) is 0 Å². The summed E-state index contributed by atoms with van der Waals surface area (Å²) in [5.74, 6) is -1.20. The lowest BCUT2D eigenvalue weighted by atomic mass is 9.92. The van der Waals surface area contributed by atoms with Crippen LogP contribution in [-0.4, -0.2) is 0 Å². The first-order valence-electron chi connectivity index (χ1n) is 5.80. The Morgan fingerprint density at radius 1 is 1.10 bits per heavy atom. The summed E-state index contributed by atoms with van der Waals surface area (Å²) < 4.78 is 13.9. The molecule has 0 saturated carbocycles. The van der Waals surface area contributed by atoms with Crippen molar-refractivity contribution in [2.45, 2.75) is 12.3 Å². The van der Waals surface area contributed by atoms with Crippen LogP contribution in [0.2, 0.25) is 15.1 Å². The monoisotopic (exact) mass is 327 g/mol. The maximum atomic E-state index is 13.9. The minimum atomic E-state index is -0.706. The number of hydrogen-bond donors (Lipinski definition) is 0. The summed E-state index contributed by atoms with van der Waals surface area (Å²) in [7, 11) is 0. The van der Waals surface area contributed by atoms with Gasteiger partial charge < -0.3 is 0 Å². The predicted molar refractivity (Wildman–Crippen MR) is 79.9 cm³/mol. The molecule has 102 valence electrons. The second kappa shape index (κ2) is 6.45. The highest BCUT2D eigenvalue weighted by molar-refractivity contribution is 6.35. The first-order valence-corrected chi connectivity index (χ1v) is 6.93. The number of rotatable bonds is 3. The quantitative estimate of drug-likeness (QED) is 0.715. The van der Waals surface area contributed by atoms with E-state index in [4.69, 9.17) is 34.8 Å². The van der Waals surface area contributed by atoms with Gasteiger partial charge in [-0.1, -0.05) is 46.9 Å². The van der Waals surface area contributed by atoms with Crippen molar-refractivity contribution in [2.24, 2.45) is 0 Å². The molecule has 5 heteroatoms. The Balaban J connectivity index is 2.37. The lowest BCUT2D eigenvalue weighted by molar-refractivity contribution is 0.600. The van der Waals surface area contributed by atoms with Crippen molar-refractivity contribution < 1.29 is 4.39 Å². The average Bonchev–Trinajstić information content (AvgIpc) is 2.39. The molecule has 0 radical (unpaired) electrons. The van der Waals surface area contributed by atoms with Gasteiger partial charge in [-0.05, 0) is 36.2 Å². The van der Waals surface area contributed by atoms with Gasteiger partial charge in [-0.25, -0.2) is 4.39 Å². The van der Waals surface area contributed by atoms with Crippen LogP contribution < -0.4 is 0 Å². The minimum Gasteiger partial charge on any atom is -0.207 e. The van der Waals surface area contributed by atoms with E-state index in [2.05, 4.69) is 6.07 Å². The van der Waals surface area contributed by atoms with E-state index in [-0.39, 0.29) is 17.0 Å². The minimum absolute atomic E-state index is 0.197. The molecule has 0 aromatic heterocycles. The Bertz CT molecular complexity index is 659. The van der Waals surface area contributed by atoms with Crippen LogP contribution in [0.1, 0.15) is 17.0 Å². The normalized spacial score (nSPS) is 11.9. The van der Waals surface area contributed by atoms with Crippen molar-refractivity contribution in [3.05, 3.63) is 68.4 Å². The number of hydrogen-bond acceptors (Lipinski definition) is 1. The molecule has 1 atom stereocenters. The fourth-order valence-corrected chi connectivity index (χ4v) is 2.74. The van der Waals surface area contributed by atoms with Gasteiger partial charge in [0, 0.05) is 20.6 Å². The van der Waals surface area contributed by atoms with Gasteiger partial charge in [0.2, 0.25) is 0 Å². The van der Waals surface area contributed by atoms with Crippen molar-refractivity contribution in [3.63, 3.8) is 0 Å². The zero-order valence-electron chi connectivity index (χ0n) is 10.2. The predicted octanol–water partition coefficient (Wildman–Crippen LogP) is 5.64. The van der Waals surface area contributed by atoms with Crippen molar-refractivity contribution in [2.75, 3.05) is 0 Å². The van der Waals surface area contributed by atoms with Gasteiger partial charge >= 0.3 is 0 Å². The molecule has 2 rings (SSSR count). The highest BCUT2D eigenvalue weighted by atomic mass is 35.5. The molecule has 0 spiro atoms. The SMILES string of the molecule is N#CC(Cc1ccc(Cl)cc1Cl)c1c(F)cccc1Cl. The number of benzene rings is 2. The van der Waals surface area contributed by atoms with Crippen molar-refractivity contribution in [3.8, 4) is 6.07 Å². The van der Waals surface area contributed by atoms with Crippen LogP contribution >= 0.6 is 34.8 Å². The summed E-state index contributed by atoms with van der Waals surface area (Å²) >= 11 is 17.9. The summed E-state index contributed by atoms with van der Waals surface area (Å²) in [6, 6.07) is 11.4. The third-order valence-electron chi connectivity index (χ3n) is 2.94. The van der Waals surface area contributed by atoms with Crippen LogP contribution in [0.15, 0.2) is 36.4 Å². The van der Waals surface area contributed by atoms with Gasteiger partial charge in [-0.2, -0.15) is 5.26 Å². The van der Waals surface area contributed by atoms with Gasteiger partial charge in [0.05, 0.1) is 12.0 Å². The first kappa shape index (κ1) is 15.1. The summed E-state index contributed by atoms with van der Waals surface area (Å²) in [6.07, 6.45) is 0.271. The molecule has 2 aromatic rings. The topological polar surface area (TPSA) is 23.8 Å². The largest absolute Gasteiger partial charge is 0.207 e. The Kier molecular flexibility index (Phi) is 4.88. The maximum Gasteiger partial charge on any atom is 0.129 e. The summed E-state index contributed by atoms with van der Waals surface area (Å²) in [4.78, 5) is 0. The van der Waals surface area contributed by atoms with Gasteiger partial charge in [0.1, 0.15) is 5.82 Å². The van der Waals surface area contributed by atoms with E-state index < -0.39 is 11.7 Å². The number of nitrogens with zero attached hydrogens (tertiary/aromatic N) is 1. The molecule has 0 saturated heterocycles. The van der Waals surface area contributed by atoms with Gasteiger partial charge in [-0.3, -0.25) is 0 Å². The van der Waals surface area contributed by atoms with Crippen LogP contribution in [0.3, 0.4) is 0 Å². The lowest BCUT2D eigenvalue weighted by Gasteiger charge is -2.13. The molecule has 1 unspecified atom stereocenters. The van der Waals surface area contributed by atoms with Crippen molar-refractivity contribution in [1.82, 2.24) is 0 Å². The second-order valence-corrected chi connectivity index (χ2v) is 5.51. The summed E-state index contributed by atoms with van der Waals surface area (Å²) in [5.41, 5.74) is 0.921. The van der Waals surface area contributed by atoms with E-state index in [9.17, 15) is 9.65 Å². The molecule has 0 bridgehead atoms. The number of nitriles is 1. The van der Waals surface area contributed by atoms with Gasteiger partial charge in [0.25, 0.3) is 0 Å². The van der Waals surface area contributed by atoms with E-state index in [1.54, 1.807) is 24.3 Å². The fourth-order valence-electron chi connectivity index (χ4n) is 1.96. The zero-order chi connectivity index (χ0) is 14.7. The van der Waals surface area contributed by atoms with E-state index in [1.807, 2.05) is 0 Å². The Labute approximate surface area is 131 Å². The molecule has 0 heterocycles. The van der Waals surface area contributed by atoms with Crippen LogP contribution in [-0.2, 0) is 6.42 Å². The second-order valence-electron chi connectivity index (χ2n) is 4.26. The highest BCUT2D eigenvalue weighted by Gasteiger charge is 2.20. The molecule has 0 N–H and O–H groups in total. The molecule has 1 nitrogen and oxygen atoms in total. The first-order chi connectivity index (χ1) is 9.52. The molecule has 0 aliphatic carbocycles. The Morgan fingerprint density at radius 3 is 2.45 bits per heavy atom. The maximum absolute atomic E-state index is 13.9. The van der Waals surface area contributed by atoms with Crippen LogP contribution in [0.5, 0.6) is 0 Å². The molecular weight excluding hydrogens is 320 g/mol. The molecule has 20 heavy (non-hydrogen) atoms. The smallest absolute Gasteiger partial charge is 0.129 e. The highest BCUT2D eigenvalue weighted by Crippen LogP contribution is 2.32. The molecule has 0 amide bonds. The molecule has 0 aliphatic heterocycles. The van der Waals surface area contributed by atoms with E-state index in [0.717, 1.165) is 5.56 Å². The van der Waals surface area contributed by atoms with Crippen LogP contribution in [0.4, 0.5) is 4.39 Å². The average molecular weight is 329 g/mol. The van der Waals surface area contributed by atoms with Crippen molar-refractivity contribution >= 4 is 34.8 Å². The molecule has 0 aliphatic rings. The fraction of sp³-hybridized carbons (Fsp3) is 0.133. The van der Waals surface area contributed by atoms with E-state index >= 15 is 0 Å². The zero-order valence-corrected chi connectivity index (χ0v) is 12.5. The van der Waals surface area contributed by atoms with Crippen LogP contribution in [0, 0.1) is 17.1 Å².